The molecule has 0 heterocycles. The summed E-state index contributed by atoms with van der Waals surface area (Å²) in [7, 11) is 0. The maximum Gasteiger partial charge on any atom is 0.164 e. The Bertz CT molecular complexity index is 262. The fourth-order valence-corrected chi connectivity index (χ4v) is 1.62. The molecule has 3 nitrogen and oxygen atoms in total. The highest BCUT2D eigenvalue weighted by Crippen LogP contribution is 2.21. The Morgan fingerprint density at radius 2 is 2.38 bits per heavy atom. The van der Waals surface area contributed by atoms with Gasteiger partial charge in [0.15, 0.2) is 5.11 Å². The monoisotopic (exact) mass is 198 g/mol. The van der Waals surface area contributed by atoms with Gasteiger partial charge in [-0.15, -0.1) is 0 Å². The van der Waals surface area contributed by atoms with Gasteiger partial charge in [0, 0.05) is 0 Å². The maximum absolute atomic E-state index is 9.75. The summed E-state index contributed by atoms with van der Waals surface area (Å²) < 4.78 is 0. The van der Waals surface area contributed by atoms with Crippen LogP contribution in [0.3, 0.4) is 0 Å². The van der Waals surface area contributed by atoms with Crippen molar-refractivity contribution >= 4 is 17.3 Å². The van der Waals surface area contributed by atoms with Gasteiger partial charge < -0.3 is 16.2 Å². The average molecular weight is 198 g/mol. The molecule has 0 saturated carbocycles. The molecule has 1 aliphatic carbocycles. The molecule has 2 unspecified atom stereocenters. The fraction of sp³-hybridized carbons (Fsp3) is 0.444. The first-order chi connectivity index (χ1) is 6.10. The number of allylic oxidation sites excluding steroid dienone is 2. The summed E-state index contributed by atoms with van der Waals surface area (Å²) in [6.07, 6.45) is 7.43. The van der Waals surface area contributed by atoms with Crippen molar-refractivity contribution in [2.24, 2.45) is 5.73 Å². The van der Waals surface area contributed by atoms with Gasteiger partial charge in [0.05, 0.1) is 11.6 Å². The van der Waals surface area contributed by atoms with Gasteiger partial charge in [0.2, 0.25) is 0 Å². The van der Waals surface area contributed by atoms with Crippen molar-refractivity contribution in [2.75, 3.05) is 0 Å². The minimum atomic E-state index is -0.580. The Labute approximate surface area is 83.3 Å². The lowest BCUT2D eigenvalue weighted by molar-refractivity contribution is 0.137. The molecule has 1 rings (SSSR count). The van der Waals surface area contributed by atoms with E-state index in [1.54, 1.807) is 12.2 Å². The Morgan fingerprint density at radius 1 is 1.69 bits per heavy atom. The number of aliphatic hydroxyl groups excluding tert-OH is 1. The summed E-state index contributed by atoms with van der Waals surface area (Å²) in [5.41, 5.74) is 4.87. The Kier molecular flexibility index (Phi) is 3.06. The van der Waals surface area contributed by atoms with Gasteiger partial charge in [0.1, 0.15) is 0 Å². The maximum atomic E-state index is 9.75. The predicted molar refractivity (Wildman–Crippen MR) is 57.2 cm³/mol. The SMILES string of the molecule is CCC1(NC(N)=S)C=CC=CC1O. The van der Waals surface area contributed by atoms with Crippen LogP contribution in [0.1, 0.15) is 13.3 Å². The molecule has 72 valence electrons. The number of aliphatic hydroxyl groups is 1. The third kappa shape index (κ3) is 2.08. The van der Waals surface area contributed by atoms with Crippen LogP contribution in [0.25, 0.3) is 0 Å². The van der Waals surface area contributed by atoms with Crippen LogP contribution in [0.5, 0.6) is 0 Å². The second-order valence-corrected chi connectivity index (χ2v) is 3.51. The molecule has 0 aromatic rings. The number of rotatable bonds is 2. The zero-order chi connectivity index (χ0) is 9.90. The molecule has 4 N–H and O–H groups in total. The molecule has 0 saturated heterocycles. The molecule has 0 aromatic carbocycles. The minimum Gasteiger partial charge on any atom is -0.386 e. The third-order valence-electron chi connectivity index (χ3n) is 2.27. The van der Waals surface area contributed by atoms with Gasteiger partial charge in [-0.1, -0.05) is 31.2 Å². The van der Waals surface area contributed by atoms with Gasteiger partial charge >= 0.3 is 0 Å². The lowest BCUT2D eigenvalue weighted by Gasteiger charge is -2.35. The van der Waals surface area contributed by atoms with Crippen molar-refractivity contribution in [2.45, 2.75) is 25.0 Å². The predicted octanol–water partition coefficient (Wildman–Crippen LogP) is 0.455. The number of hydrogen-bond donors (Lipinski definition) is 3. The third-order valence-corrected chi connectivity index (χ3v) is 2.37. The fourth-order valence-electron chi connectivity index (χ4n) is 1.43. The van der Waals surface area contributed by atoms with E-state index in [4.69, 9.17) is 18.0 Å². The molecule has 1 aliphatic rings. The van der Waals surface area contributed by atoms with Crippen molar-refractivity contribution in [1.29, 1.82) is 0 Å². The zero-order valence-electron chi connectivity index (χ0n) is 7.53. The molecule has 0 bridgehead atoms. The molecule has 0 aromatic heterocycles. The van der Waals surface area contributed by atoms with E-state index >= 15 is 0 Å². The molecule has 13 heavy (non-hydrogen) atoms. The van der Waals surface area contributed by atoms with Crippen LogP contribution in [-0.2, 0) is 0 Å². The molecule has 0 fully saturated rings. The van der Waals surface area contributed by atoms with Crippen molar-refractivity contribution in [3.05, 3.63) is 24.3 Å². The zero-order valence-corrected chi connectivity index (χ0v) is 8.34. The van der Waals surface area contributed by atoms with Crippen LogP contribution in [0.2, 0.25) is 0 Å². The summed E-state index contributed by atoms with van der Waals surface area (Å²) in [6.45, 7) is 1.97. The van der Waals surface area contributed by atoms with Crippen molar-refractivity contribution in [1.82, 2.24) is 5.32 Å². The topological polar surface area (TPSA) is 58.3 Å². The van der Waals surface area contributed by atoms with Crippen molar-refractivity contribution in [3.63, 3.8) is 0 Å². The molecule has 2 atom stereocenters. The van der Waals surface area contributed by atoms with Crippen LogP contribution in [0.4, 0.5) is 0 Å². The first kappa shape index (κ1) is 10.2. The van der Waals surface area contributed by atoms with Gasteiger partial charge in [-0.2, -0.15) is 0 Å². The summed E-state index contributed by atoms with van der Waals surface area (Å²) in [5, 5.41) is 12.9. The Morgan fingerprint density at radius 3 is 2.85 bits per heavy atom. The van der Waals surface area contributed by atoms with Crippen LogP contribution in [-0.4, -0.2) is 21.9 Å². The van der Waals surface area contributed by atoms with Gasteiger partial charge in [-0.3, -0.25) is 0 Å². The van der Waals surface area contributed by atoms with E-state index in [0.717, 1.165) is 6.42 Å². The Balaban J connectivity index is 2.85. The van der Waals surface area contributed by atoms with Crippen molar-refractivity contribution in [3.8, 4) is 0 Å². The van der Waals surface area contributed by atoms with Gasteiger partial charge in [-0.25, -0.2) is 0 Å². The summed E-state index contributed by atoms with van der Waals surface area (Å²) >= 11 is 4.77. The first-order valence-electron chi connectivity index (χ1n) is 4.22. The van der Waals surface area contributed by atoms with Crippen LogP contribution >= 0.6 is 12.2 Å². The summed E-state index contributed by atoms with van der Waals surface area (Å²) in [6, 6.07) is 0. The first-order valence-corrected chi connectivity index (χ1v) is 4.63. The molecular weight excluding hydrogens is 184 g/mol. The summed E-state index contributed by atoms with van der Waals surface area (Å²) in [5.74, 6) is 0. The van der Waals surface area contributed by atoms with E-state index < -0.39 is 11.6 Å². The van der Waals surface area contributed by atoms with Crippen molar-refractivity contribution < 1.29 is 5.11 Å². The largest absolute Gasteiger partial charge is 0.386 e. The second-order valence-electron chi connectivity index (χ2n) is 3.07. The standard InChI is InChI=1S/C9H14N2OS/c1-2-9(11-8(10)13)6-4-3-5-7(9)12/h3-7,12H,2H2,1H3,(H3,10,11,13). The van der Waals surface area contributed by atoms with E-state index in [2.05, 4.69) is 5.32 Å². The lowest BCUT2D eigenvalue weighted by Crippen LogP contribution is -2.56. The normalized spacial score (nSPS) is 31.7. The van der Waals surface area contributed by atoms with Crippen LogP contribution in [0, 0.1) is 0 Å². The Hall–Kier alpha value is -0.870. The number of hydrogen-bond acceptors (Lipinski definition) is 2. The van der Waals surface area contributed by atoms with E-state index in [1.807, 2.05) is 19.1 Å². The van der Waals surface area contributed by atoms with E-state index in [0.29, 0.717) is 0 Å². The van der Waals surface area contributed by atoms with E-state index in [-0.39, 0.29) is 5.11 Å². The van der Waals surface area contributed by atoms with E-state index in [1.165, 1.54) is 0 Å². The summed E-state index contributed by atoms with van der Waals surface area (Å²) in [4.78, 5) is 0. The van der Waals surface area contributed by atoms with Crippen LogP contribution < -0.4 is 11.1 Å². The lowest BCUT2D eigenvalue weighted by atomic mass is 9.86. The van der Waals surface area contributed by atoms with Crippen LogP contribution in [0.15, 0.2) is 24.3 Å². The molecule has 4 heteroatoms. The molecular formula is C9H14N2OS. The van der Waals surface area contributed by atoms with Gasteiger partial charge in [0.25, 0.3) is 0 Å². The highest BCUT2D eigenvalue weighted by molar-refractivity contribution is 7.80. The second kappa shape index (κ2) is 3.89. The molecule has 0 spiro atoms. The van der Waals surface area contributed by atoms with Gasteiger partial charge in [-0.05, 0) is 18.6 Å². The quantitative estimate of drug-likeness (QED) is 0.564. The highest BCUT2D eigenvalue weighted by atomic mass is 32.1. The molecule has 0 amide bonds. The number of nitrogens with two attached hydrogens (primary N) is 1. The number of thiocarbonyl (C=S) groups is 1. The van der Waals surface area contributed by atoms with E-state index in [9.17, 15) is 5.11 Å². The minimum absolute atomic E-state index is 0.209. The average Bonchev–Trinajstić information content (AvgIpc) is 2.08. The highest BCUT2D eigenvalue weighted by Gasteiger charge is 2.33. The smallest absolute Gasteiger partial charge is 0.164 e. The molecule has 0 radical (unpaired) electrons. The number of nitrogens with one attached hydrogen (secondary N) is 1. The molecule has 0 aliphatic heterocycles.